The summed E-state index contributed by atoms with van der Waals surface area (Å²) < 4.78 is 19.4. The van der Waals surface area contributed by atoms with Crippen LogP contribution in [0.15, 0.2) is 30.5 Å². The Morgan fingerprint density at radius 3 is 2.86 bits per heavy atom. The van der Waals surface area contributed by atoms with Crippen LogP contribution in [0.3, 0.4) is 0 Å². The monoisotopic (exact) mass is 398 g/mol. The van der Waals surface area contributed by atoms with Crippen molar-refractivity contribution in [3.8, 4) is 11.3 Å². The number of hydrogen-bond donors (Lipinski definition) is 1. The van der Waals surface area contributed by atoms with Gasteiger partial charge in [0.1, 0.15) is 5.69 Å². The van der Waals surface area contributed by atoms with Gasteiger partial charge < -0.3 is 15.0 Å². The molecule has 0 unspecified atom stereocenters. The molecule has 1 N–H and O–H groups in total. The summed E-state index contributed by atoms with van der Waals surface area (Å²) >= 11 is 0. The molecule has 1 aromatic heterocycles. The SMILES string of the molecule is COC(=O)[C@@H]1CCC[C@H](Nc2ncc(F)c(-c3cccc(N4CCCC4)c3)n2)C1. The Labute approximate surface area is 170 Å². The van der Waals surface area contributed by atoms with Gasteiger partial charge in [-0.05, 0) is 44.2 Å². The van der Waals surface area contributed by atoms with Crippen molar-refractivity contribution >= 4 is 17.6 Å². The molecule has 1 saturated carbocycles. The van der Waals surface area contributed by atoms with Gasteiger partial charge in [0.15, 0.2) is 5.82 Å². The van der Waals surface area contributed by atoms with Crippen molar-refractivity contribution in [3.05, 3.63) is 36.3 Å². The second-order valence-corrected chi connectivity index (χ2v) is 7.86. The molecule has 0 bridgehead atoms. The molecule has 1 saturated heterocycles. The number of aromatic nitrogens is 2. The molecule has 7 heteroatoms. The zero-order valence-electron chi connectivity index (χ0n) is 16.7. The number of hydrogen-bond acceptors (Lipinski definition) is 6. The van der Waals surface area contributed by atoms with Crippen LogP contribution < -0.4 is 10.2 Å². The second-order valence-electron chi connectivity index (χ2n) is 7.86. The molecule has 2 atom stereocenters. The minimum atomic E-state index is -0.440. The normalized spacial score (nSPS) is 21.8. The van der Waals surface area contributed by atoms with E-state index in [2.05, 4.69) is 26.3 Å². The van der Waals surface area contributed by atoms with E-state index >= 15 is 0 Å². The van der Waals surface area contributed by atoms with E-state index in [0.29, 0.717) is 18.1 Å². The Morgan fingerprint density at radius 1 is 1.24 bits per heavy atom. The smallest absolute Gasteiger partial charge is 0.308 e. The van der Waals surface area contributed by atoms with E-state index in [1.54, 1.807) is 0 Å². The third-order valence-electron chi connectivity index (χ3n) is 5.88. The molecule has 0 spiro atoms. The first-order chi connectivity index (χ1) is 14.1. The van der Waals surface area contributed by atoms with Crippen molar-refractivity contribution in [2.75, 3.05) is 30.4 Å². The molecule has 1 aliphatic carbocycles. The first kappa shape index (κ1) is 19.6. The van der Waals surface area contributed by atoms with Crippen LogP contribution in [0.25, 0.3) is 11.3 Å². The number of nitrogens with zero attached hydrogens (tertiary/aromatic N) is 3. The van der Waals surface area contributed by atoms with Crippen molar-refractivity contribution in [2.24, 2.45) is 5.92 Å². The summed E-state index contributed by atoms with van der Waals surface area (Å²) in [5.74, 6) is -0.326. The molecular formula is C22H27FN4O2. The number of carbonyl (C=O) groups is 1. The van der Waals surface area contributed by atoms with Crippen molar-refractivity contribution < 1.29 is 13.9 Å². The first-order valence-electron chi connectivity index (χ1n) is 10.4. The van der Waals surface area contributed by atoms with Gasteiger partial charge in [-0.25, -0.2) is 14.4 Å². The largest absolute Gasteiger partial charge is 0.469 e. The molecule has 0 radical (unpaired) electrons. The minimum Gasteiger partial charge on any atom is -0.469 e. The van der Waals surface area contributed by atoms with Gasteiger partial charge in [0.05, 0.1) is 19.2 Å². The number of ether oxygens (including phenoxy) is 1. The van der Waals surface area contributed by atoms with E-state index in [4.69, 9.17) is 4.74 Å². The molecule has 0 amide bonds. The van der Waals surface area contributed by atoms with Gasteiger partial charge in [-0.15, -0.1) is 0 Å². The standard InChI is InChI=1S/C22H27FN4O2/c1-29-21(28)16-7-4-8-17(12-16)25-22-24-14-19(23)20(26-22)15-6-5-9-18(13-15)27-10-2-3-11-27/h5-6,9,13-14,16-17H,2-4,7-8,10-12H2,1H3,(H,24,25,26)/t16-,17+/m1/s1. The number of nitrogens with one attached hydrogen (secondary N) is 1. The molecule has 2 heterocycles. The number of carbonyl (C=O) groups excluding carboxylic acids is 1. The summed E-state index contributed by atoms with van der Waals surface area (Å²) in [6, 6.07) is 7.95. The quantitative estimate of drug-likeness (QED) is 0.767. The van der Waals surface area contributed by atoms with Crippen molar-refractivity contribution in [3.63, 3.8) is 0 Å². The number of esters is 1. The highest BCUT2D eigenvalue weighted by atomic mass is 19.1. The maximum absolute atomic E-state index is 14.5. The molecule has 154 valence electrons. The van der Waals surface area contributed by atoms with Gasteiger partial charge >= 0.3 is 5.97 Å². The summed E-state index contributed by atoms with van der Waals surface area (Å²) in [5, 5.41) is 3.29. The molecule has 1 aliphatic heterocycles. The van der Waals surface area contributed by atoms with Crippen LogP contribution >= 0.6 is 0 Å². The molecular weight excluding hydrogens is 371 g/mol. The van der Waals surface area contributed by atoms with Crippen LogP contribution in [0.5, 0.6) is 0 Å². The highest BCUT2D eigenvalue weighted by Crippen LogP contribution is 2.30. The Balaban J connectivity index is 1.52. The summed E-state index contributed by atoms with van der Waals surface area (Å²) in [7, 11) is 1.42. The van der Waals surface area contributed by atoms with Gasteiger partial charge in [-0.1, -0.05) is 18.6 Å². The maximum atomic E-state index is 14.5. The summed E-state index contributed by atoms with van der Waals surface area (Å²) in [6.07, 6.45) is 6.96. The molecule has 1 aromatic carbocycles. The van der Waals surface area contributed by atoms with E-state index in [1.165, 1.54) is 26.1 Å². The number of anilines is 2. The van der Waals surface area contributed by atoms with Gasteiger partial charge in [0.25, 0.3) is 0 Å². The minimum absolute atomic E-state index is 0.0714. The predicted molar refractivity (Wildman–Crippen MR) is 110 cm³/mol. The first-order valence-corrected chi connectivity index (χ1v) is 10.4. The Kier molecular flexibility index (Phi) is 5.92. The molecule has 2 aromatic rings. The van der Waals surface area contributed by atoms with Crippen LogP contribution in [-0.2, 0) is 9.53 Å². The average Bonchev–Trinajstić information content (AvgIpc) is 3.30. The van der Waals surface area contributed by atoms with Crippen LogP contribution in [-0.4, -0.2) is 42.2 Å². The molecule has 2 aliphatic rings. The fourth-order valence-corrected chi connectivity index (χ4v) is 4.35. The number of rotatable bonds is 5. The van der Waals surface area contributed by atoms with Gasteiger partial charge in [-0.3, -0.25) is 4.79 Å². The van der Waals surface area contributed by atoms with E-state index < -0.39 is 5.82 Å². The zero-order chi connectivity index (χ0) is 20.2. The highest BCUT2D eigenvalue weighted by molar-refractivity contribution is 5.72. The Morgan fingerprint density at radius 2 is 2.07 bits per heavy atom. The lowest BCUT2D eigenvalue weighted by atomic mass is 9.86. The van der Waals surface area contributed by atoms with E-state index in [1.807, 2.05) is 18.2 Å². The van der Waals surface area contributed by atoms with Crippen LogP contribution in [0.1, 0.15) is 38.5 Å². The number of benzene rings is 1. The van der Waals surface area contributed by atoms with Crippen LogP contribution in [0, 0.1) is 11.7 Å². The average molecular weight is 398 g/mol. The fourth-order valence-electron chi connectivity index (χ4n) is 4.35. The van der Waals surface area contributed by atoms with Crippen LogP contribution in [0.4, 0.5) is 16.0 Å². The summed E-state index contributed by atoms with van der Waals surface area (Å²) in [4.78, 5) is 22.8. The van der Waals surface area contributed by atoms with Crippen LogP contribution in [0.2, 0.25) is 0 Å². The molecule has 4 rings (SSSR count). The van der Waals surface area contributed by atoms with Gasteiger partial charge in [-0.2, -0.15) is 0 Å². The highest BCUT2D eigenvalue weighted by Gasteiger charge is 2.28. The van der Waals surface area contributed by atoms with Gasteiger partial charge in [0, 0.05) is 30.4 Å². The summed E-state index contributed by atoms with van der Waals surface area (Å²) in [5.41, 5.74) is 2.14. The predicted octanol–water partition coefficient (Wildman–Crippen LogP) is 4.03. The third kappa shape index (κ3) is 4.49. The molecule has 29 heavy (non-hydrogen) atoms. The summed E-state index contributed by atoms with van der Waals surface area (Å²) in [6.45, 7) is 2.07. The molecule has 6 nitrogen and oxygen atoms in total. The van der Waals surface area contributed by atoms with Crippen molar-refractivity contribution in [1.29, 1.82) is 0 Å². The maximum Gasteiger partial charge on any atom is 0.308 e. The van der Waals surface area contributed by atoms with Crippen molar-refractivity contribution in [2.45, 2.75) is 44.6 Å². The second kappa shape index (κ2) is 8.76. The van der Waals surface area contributed by atoms with E-state index in [9.17, 15) is 9.18 Å². The Bertz CT molecular complexity index is 870. The fraction of sp³-hybridized carbons (Fsp3) is 0.500. The van der Waals surface area contributed by atoms with Crippen molar-refractivity contribution in [1.82, 2.24) is 9.97 Å². The third-order valence-corrected chi connectivity index (χ3v) is 5.88. The lowest BCUT2D eigenvalue weighted by Gasteiger charge is -2.28. The lowest BCUT2D eigenvalue weighted by Crippen LogP contribution is -2.32. The zero-order valence-corrected chi connectivity index (χ0v) is 16.7. The number of halogens is 1. The molecule has 2 fully saturated rings. The van der Waals surface area contributed by atoms with Gasteiger partial charge in [0.2, 0.25) is 5.95 Å². The lowest BCUT2D eigenvalue weighted by molar-refractivity contribution is -0.146. The van der Waals surface area contributed by atoms with E-state index in [-0.39, 0.29) is 17.9 Å². The topological polar surface area (TPSA) is 67.3 Å². The van der Waals surface area contributed by atoms with E-state index in [0.717, 1.165) is 43.6 Å². The number of methoxy groups -OCH3 is 1. The Hall–Kier alpha value is -2.70.